The van der Waals surface area contributed by atoms with Gasteiger partial charge in [-0.2, -0.15) is 5.10 Å². The minimum Gasteiger partial charge on any atom is -0.493 e. The maximum Gasteiger partial charge on any atom is 0.338 e. The highest BCUT2D eigenvalue weighted by atomic mass is 35.5. The van der Waals surface area contributed by atoms with E-state index in [0.717, 1.165) is 47.1 Å². The molecule has 0 amide bonds. The summed E-state index contributed by atoms with van der Waals surface area (Å²) < 4.78 is 7.06. The van der Waals surface area contributed by atoms with Crippen molar-refractivity contribution in [1.29, 1.82) is 5.41 Å². The molecule has 0 aliphatic heterocycles. The first-order chi connectivity index (χ1) is 16.9. The SMILES string of the molecule is CCC.N=Cc1nc(-n2cc(C(=O)O)cn2)[nH]c(=O)c1NCCCOc1ccc(Cl)c2c1CCC2. The molecule has 11 heteroatoms. The normalized spacial score (nSPS) is 11.9. The van der Waals surface area contributed by atoms with Crippen LogP contribution in [-0.2, 0) is 12.8 Å². The lowest BCUT2D eigenvalue weighted by Crippen LogP contribution is -2.22. The number of halogens is 1. The number of benzene rings is 1. The van der Waals surface area contributed by atoms with Crippen molar-refractivity contribution in [2.24, 2.45) is 0 Å². The summed E-state index contributed by atoms with van der Waals surface area (Å²) in [5.41, 5.74) is 2.09. The molecule has 2 aromatic heterocycles. The Bertz CT molecular complexity index is 1250. The zero-order valence-electron chi connectivity index (χ0n) is 19.7. The summed E-state index contributed by atoms with van der Waals surface area (Å²) in [5.74, 6) is -0.271. The van der Waals surface area contributed by atoms with Gasteiger partial charge in [0.05, 0.1) is 18.4 Å². The van der Waals surface area contributed by atoms with Crippen molar-refractivity contribution < 1.29 is 14.6 Å². The highest BCUT2D eigenvalue weighted by molar-refractivity contribution is 6.31. The number of ether oxygens (including phenoxy) is 1. The third-order valence-electron chi connectivity index (χ3n) is 5.18. The Hall–Kier alpha value is -3.66. The van der Waals surface area contributed by atoms with Crippen molar-refractivity contribution in [1.82, 2.24) is 19.7 Å². The number of aromatic nitrogens is 4. The predicted octanol–water partition coefficient (Wildman–Crippen LogP) is 4.09. The Morgan fingerprint density at radius 1 is 1.34 bits per heavy atom. The van der Waals surface area contributed by atoms with E-state index in [1.807, 2.05) is 12.1 Å². The quantitative estimate of drug-likeness (QED) is 0.255. The van der Waals surface area contributed by atoms with Crippen LogP contribution in [0, 0.1) is 5.41 Å². The van der Waals surface area contributed by atoms with Crippen LogP contribution in [0.4, 0.5) is 5.69 Å². The van der Waals surface area contributed by atoms with Crippen LogP contribution in [0.2, 0.25) is 5.02 Å². The molecule has 0 spiro atoms. The van der Waals surface area contributed by atoms with Crippen molar-refractivity contribution in [3.8, 4) is 11.7 Å². The monoisotopic (exact) mass is 500 g/mol. The molecule has 0 saturated heterocycles. The van der Waals surface area contributed by atoms with Gasteiger partial charge in [0.15, 0.2) is 0 Å². The van der Waals surface area contributed by atoms with Crippen LogP contribution in [-0.4, -0.2) is 50.2 Å². The molecule has 4 N–H and O–H groups in total. The number of H-pyrrole nitrogens is 1. The zero-order chi connectivity index (χ0) is 25.4. The van der Waals surface area contributed by atoms with Gasteiger partial charge in [-0.3, -0.25) is 9.78 Å². The first-order valence-corrected chi connectivity index (χ1v) is 11.9. The molecule has 0 unspecified atom stereocenters. The number of nitrogens with one attached hydrogen (secondary N) is 3. The molecule has 1 aromatic carbocycles. The summed E-state index contributed by atoms with van der Waals surface area (Å²) in [4.78, 5) is 30.3. The summed E-state index contributed by atoms with van der Waals surface area (Å²) in [6, 6.07) is 3.76. The first-order valence-electron chi connectivity index (χ1n) is 11.5. The van der Waals surface area contributed by atoms with E-state index in [2.05, 4.69) is 34.2 Å². The van der Waals surface area contributed by atoms with Crippen LogP contribution in [0.3, 0.4) is 0 Å². The Labute approximate surface area is 207 Å². The molecule has 3 aromatic rings. The summed E-state index contributed by atoms with van der Waals surface area (Å²) in [6.07, 6.45) is 8.21. The van der Waals surface area contributed by atoms with Gasteiger partial charge in [0.25, 0.3) is 5.56 Å². The van der Waals surface area contributed by atoms with Gasteiger partial charge < -0.3 is 20.6 Å². The number of nitrogens with zero attached hydrogens (tertiary/aromatic N) is 3. The molecule has 0 atom stereocenters. The maximum atomic E-state index is 12.5. The smallest absolute Gasteiger partial charge is 0.338 e. The van der Waals surface area contributed by atoms with Crippen LogP contribution in [0.25, 0.3) is 5.95 Å². The molecule has 0 radical (unpaired) electrons. The third kappa shape index (κ3) is 6.27. The fourth-order valence-electron chi connectivity index (χ4n) is 3.64. The molecule has 1 aliphatic rings. The van der Waals surface area contributed by atoms with Crippen LogP contribution < -0.4 is 15.6 Å². The van der Waals surface area contributed by atoms with E-state index in [9.17, 15) is 9.59 Å². The van der Waals surface area contributed by atoms with E-state index in [4.69, 9.17) is 26.9 Å². The second-order valence-electron chi connectivity index (χ2n) is 7.96. The van der Waals surface area contributed by atoms with E-state index < -0.39 is 11.5 Å². The van der Waals surface area contributed by atoms with Gasteiger partial charge in [-0.1, -0.05) is 31.9 Å². The number of hydrogen-bond donors (Lipinski definition) is 4. The Morgan fingerprint density at radius 2 is 2.09 bits per heavy atom. The highest BCUT2D eigenvalue weighted by Gasteiger charge is 2.19. The molecule has 4 rings (SSSR count). The first kappa shape index (κ1) is 26.0. The maximum absolute atomic E-state index is 12.5. The van der Waals surface area contributed by atoms with E-state index in [1.165, 1.54) is 23.7 Å². The summed E-state index contributed by atoms with van der Waals surface area (Å²) in [5, 5.41) is 24.3. The second kappa shape index (κ2) is 12.2. The van der Waals surface area contributed by atoms with E-state index in [1.54, 1.807) is 0 Å². The molecule has 2 heterocycles. The van der Waals surface area contributed by atoms with Crippen molar-refractivity contribution in [2.75, 3.05) is 18.5 Å². The second-order valence-corrected chi connectivity index (χ2v) is 8.37. The minimum absolute atomic E-state index is 0.0199. The topological polar surface area (TPSA) is 146 Å². The average molecular weight is 501 g/mol. The Kier molecular flexibility index (Phi) is 9.02. The van der Waals surface area contributed by atoms with Crippen LogP contribution >= 0.6 is 11.6 Å². The Balaban J connectivity index is 0.00000108. The van der Waals surface area contributed by atoms with Gasteiger partial charge in [-0.25, -0.2) is 14.5 Å². The lowest BCUT2D eigenvalue weighted by atomic mass is 10.1. The molecular weight excluding hydrogens is 472 g/mol. The molecule has 1 aliphatic carbocycles. The van der Waals surface area contributed by atoms with Crippen molar-refractivity contribution >= 4 is 29.5 Å². The number of aromatic carboxylic acids is 1. The third-order valence-corrected chi connectivity index (χ3v) is 5.54. The van der Waals surface area contributed by atoms with Gasteiger partial charge in [-0.05, 0) is 48.9 Å². The number of anilines is 1. The fourth-order valence-corrected chi connectivity index (χ4v) is 3.91. The largest absolute Gasteiger partial charge is 0.493 e. The van der Waals surface area contributed by atoms with Gasteiger partial charge in [0.2, 0.25) is 5.95 Å². The lowest BCUT2D eigenvalue weighted by molar-refractivity contribution is 0.0697. The number of fused-ring (bicyclic) bond motifs is 1. The van der Waals surface area contributed by atoms with Gasteiger partial charge in [-0.15, -0.1) is 0 Å². The standard InChI is InChI=1S/C21H21ClN6O4.C3H8/c22-15-5-6-17(14-4-1-3-13(14)15)32-8-2-7-24-18-16(9-23)26-21(27-19(18)29)28-11-12(10-25-28)20(30)31;1-3-2/h5-6,9-11,23-24H,1-4,7-8H2,(H,30,31)(H,26,27,29);3H2,1-2H3. The van der Waals surface area contributed by atoms with E-state index in [-0.39, 0.29) is 22.9 Å². The molecule has 186 valence electrons. The fraction of sp³-hybridized carbons (Fsp3) is 0.375. The molecule has 0 saturated carbocycles. The molecule has 10 nitrogen and oxygen atoms in total. The number of hydrogen-bond acceptors (Lipinski definition) is 7. The average Bonchev–Trinajstić information content (AvgIpc) is 3.52. The highest BCUT2D eigenvalue weighted by Crippen LogP contribution is 2.35. The molecule has 35 heavy (non-hydrogen) atoms. The van der Waals surface area contributed by atoms with Crippen LogP contribution in [0.15, 0.2) is 29.3 Å². The minimum atomic E-state index is -1.14. The number of carbonyl (C=O) groups is 1. The molecule has 0 bridgehead atoms. The summed E-state index contributed by atoms with van der Waals surface area (Å²) >= 11 is 6.25. The number of aromatic amines is 1. The predicted molar refractivity (Wildman–Crippen MR) is 135 cm³/mol. The zero-order valence-corrected chi connectivity index (χ0v) is 20.5. The van der Waals surface area contributed by atoms with Gasteiger partial charge >= 0.3 is 5.97 Å². The Morgan fingerprint density at radius 3 is 2.77 bits per heavy atom. The number of carboxylic acid groups (broad SMARTS) is 1. The number of rotatable bonds is 9. The van der Waals surface area contributed by atoms with E-state index >= 15 is 0 Å². The van der Waals surface area contributed by atoms with Crippen LogP contribution in [0.1, 0.15) is 60.3 Å². The van der Waals surface area contributed by atoms with E-state index in [0.29, 0.717) is 19.6 Å². The lowest BCUT2D eigenvalue weighted by Gasteiger charge is -2.13. The molecular formula is C24H29ClN6O4. The van der Waals surface area contributed by atoms with Crippen molar-refractivity contribution in [3.05, 3.63) is 62.3 Å². The van der Waals surface area contributed by atoms with Gasteiger partial charge in [0.1, 0.15) is 17.1 Å². The number of carboxylic acids is 1. The van der Waals surface area contributed by atoms with Crippen molar-refractivity contribution in [3.63, 3.8) is 0 Å². The summed E-state index contributed by atoms with van der Waals surface area (Å²) in [6.45, 7) is 5.14. The van der Waals surface area contributed by atoms with Crippen molar-refractivity contribution in [2.45, 2.75) is 46.0 Å². The summed E-state index contributed by atoms with van der Waals surface area (Å²) in [7, 11) is 0. The van der Waals surface area contributed by atoms with Crippen LogP contribution in [0.5, 0.6) is 5.75 Å². The molecule has 0 fully saturated rings. The van der Waals surface area contributed by atoms with Gasteiger partial charge in [0, 0.05) is 24.0 Å².